The highest BCUT2D eigenvalue weighted by atomic mass is 16.5. The molecular formula is C26H30N2O3. The minimum absolute atomic E-state index is 0.173. The van der Waals surface area contributed by atoms with Crippen molar-refractivity contribution in [2.75, 3.05) is 20.2 Å². The number of carbonyl (C=O) groups is 1. The summed E-state index contributed by atoms with van der Waals surface area (Å²) >= 11 is 0. The Bertz CT molecular complexity index is 1100. The Morgan fingerprint density at radius 3 is 2.90 bits per heavy atom. The number of para-hydroxylation sites is 1. The number of amides is 1. The third-order valence-electron chi connectivity index (χ3n) is 7.08. The maximum absolute atomic E-state index is 12.6. The molecule has 5 rings (SSSR count). The van der Waals surface area contributed by atoms with Crippen molar-refractivity contribution >= 4 is 16.9 Å². The molecule has 2 fully saturated rings. The summed E-state index contributed by atoms with van der Waals surface area (Å²) < 4.78 is 11.7. The quantitative estimate of drug-likeness (QED) is 0.663. The van der Waals surface area contributed by atoms with Crippen LogP contribution in [0.1, 0.15) is 48.5 Å². The molecule has 162 valence electrons. The number of rotatable bonds is 4. The van der Waals surface area contributed by atoms with Gasteiger partial charge in [0, 0.05) is 30.8 Å². The van der Waals surface area contributed by atoms with Crippen LogP contribution in [0.15, 0.2) is 52.9 Å². The largest absolute Gasteiger partial charge is 0.497 e. The summed E-state index contributed by atoms with van der Waals surface area (Å²) in [5.41, 5.74) is 3.13. The van der Waals surface area contributed by atoms with Crippen molar-refractivity contribution in [2.24, 2.45) is 0 Å². The Balaban J connectivity index is 1.48. The van der Waals surface area contributed by atoms with E-state index in [2.05, 4.69) is 41.4 Å². The molecule has 2 aromatic carbocycles. The summed E-state index contributed by atoms with van der Waals surface area (Å²) in [6.45, 7) is 4.60. The Morgan fingerprint density at radius 1 is 1.19 bits per heavy atom. The third-order valence-corrected chi connectivity index (χ3v) is 7.08. The topological polar surface area (TPSA) is 54.7 Å². The van der Waals surface area contributed by atoms with Crippen molar-refractivity contribution in [3.63, 3.8) is 0 Å². The molecule has 2 aliphatic heterocycles. The number of benzene rings is 2. The van der Waals surface area contributed by atoms with Crippen molar-refractivity contribution in [2.45, 2.75) is 50.6 Å². The molecule has 2 atom stereocenters. The van der Waals surface area contributed by atoms with Crippen LogP contribution in [0.5, 0.6) is 5.75 Å². The zero-order chi connectivity index (χ0) is 21.4. The molecule has 0 aliphatic carbocycles. The molecule has 1 N–H and O–H groups in total. The van der Waals surface area contributed by atoms with Gasteiger partial charge in [-0.25, -0.2) is 0 Å². The second-order valence-corrected chi connectivity index (χ2v) is 9.06. The predicted octanol–water partition coefficient (Wildman–Crippen LogP) is 4.78. The zero-order valence-corrected chi connectivity index (χ0v) is 18.3. The Morgan fingerprint density at radius 2 is 2.06 bits per heavy atom. The summed E-state index contributed by atoms with van der Waals surface area (Å²) in [7, 11) is 1.70. The van der Waals surface area contributed by atoms with Crippen LogP contribution in [0.4, 0.5) is 0 Å². The van der Waals surface area contributed by atoms with Gasteiger partial charge < -0.3 is 14.5 Å². The third kappa shape index (κ3) is 3.72. The van der Waals surface area contributed by atoms with E-state index in [0.29, 0.717) is 6.42 Å². The summed E-state index contributed by atoms with van der Waals surface area (Å²) in [5.74, 6) is 2.27. The molecule has 0 unspecified atom stereocenters. The lowest BCUT2D eigenvalue weighted by atomic mass is 9.79. The summed E-state index contributed by atoms with van der Waals surface area (Å²) in [6.07, 6.45) is 3.64. The molecule has 3 aromatic rings. The zero-order valence-electron chi connectivity index (χ0n) is 18.3. The van der Waals surface area contributed by atoms with E-state index in [9.17, 15) is 4.79 Å². The van der Waals surface area contributed by atoms with Gasteiger partial charge in [-0.3, -0.25) is 9.69 Å². The normalized spacial score (nSPS) is 24.5. The van der Waals surface area contributed by atoms with Crippen LogP contribution in [0, 0.1) is 6.92 Å². The molecule has 1 amide bonds. The Labute approximate surface area is 183 Å². The summed E-state index contributed by atoms with van der Waals surface area (Å²) in [6, 6.07) is 16.5. The fourth-order valence-electron chi connectivity index (χ4n) is 5.50. The molecule has 2 aliphatic rings. The van der Waals surface area contributed by atoms with E-state index in [4.69, 9.17) is 9.15 Å². The van der Waals surface area contributed by atoms with Gasteiger partial charge in [-0.1, -0.05) is 36.8 Å². The first-order valence-electron chi connectivity index (χ1n) is 11.2. The van der Waals surface area contributed by atoms with Crippen LogP contribution in [0.25, 0.3) is 11.0 Å². The minimum atomic E-state index is -0.250. The molecular weight excluding hydrogens is 388 g/mol. The number of nitrogens with one attached hydrogen (secondary N) is 1. The molecule has 0 bridgehead atoms. The van der Waals surface area contributed by atoms with Crippen LogP contribution >= 0.6 is 0 Å². The summed E-state index contributed by atoms with van der Waals surface area (Å²) in [4.78, 5) is 15.1. The number of ether oxygens (including phenoxy) is 1. The first kappa shape index (κ1) is 20.1. The van der Waals surface area contributed by atoms with Gasteiger partial charge in [-0.2, -0.15) is 0 Å². The molecule has 1 aromatic heterocycles. The fraction of sp³-hybridized carbons (Fsp3) is 0.423. The number of hydrogen-bond acceptors (Lipinski definition) is 4. The highest BCUT2D eigenvalue weighted by Gasteiger charge is 2.48. The number of nitrogens with zero attached hydrogens (tertiary/aromatic N) is 1. The van der Waals surface area contributed by atoms with Crippen molar-refractivity contribution in [1.29, 1.82) is 0 Å². The maximum Gasteiger partial charge on any atom is 0.220 e. The highest BCUT2D eigenvalue weighted by Crippen LogP contribution is 2.42. The Hall–Kier alpha value is -2.79. The van der Waals surface area contributed by atoms with Crippen molar-refractivity contribution in [3.8, 4) is 5.75 Å². The van der Waals surface area contributed by atoms with Gasteiger partial charge in [0.25, 0.3) is 0 Å². The lowest BCUT2D eigenvalue weighted by Crippen LogP contribution is -2.52. The number of furan rings is 1. The summed E-state index contributed by atoms with van der Waals surface area (Å²) in [5, 5.41) is 4.62. The van der Waals surface area contributed by atoms with E-state index >= 15 is 0 Å². The SMILES string of the molecule is COc1cccc([C@@H]2CN(Cc3oc4ccccc4c3C)C[C@]23CCCCC(=O)N3)c1. The fourth-order valence-corrected chi connectivity index (χ4v) is 5.50. The van der Waals surface area contributed by atoms with Gasteiger partial charge in [-0.15, -0.1) is 0 Å². The van der Waals surface area contributed by atoms with Crippen molar-refractivity contribution < 1.29 is 13.9 Å². The second-order valence-electron chi connectivity index (χ2n) is 9.06. The van der Waals surface area contributed by atoms with Gasteiger partial charge in [0.15, 0.2) is 0 Å². The van der Waals surface area contributed by atoms with E-state index in [1.807, 2.05) is 24.3 Å². The molecule has 0 saturated carbocycles. The number of carbonyl (C=O) groups excluding carboxylic acids is 1. The molecule has 5 heteroatoms. The minimum Gasteiger partial charge on any atom is -0.497 e. The van der Waals surface area contributed by atoms with E-state index in [1.54, 1.807) is 7.11 Å². The molecule has 0 radical (unpaired) electrons. The smallest absolute Gasteiger partial charge is 0.220 e. The van der Waals surface area contributed by atoms with Gasteiger partial charge in [0.1, 0.15) is 17.1 Å². The molecule has 31 heavy (non-hydrogen) atoms. The lowest BCUT2D eigenvalue weighted by molar-refractivity contribution is -0.122. The molecule has 5 nitrogen and oxygen atoms in total. The molecule has 2 saturated heterocycles. The molecule has 1 spiro atoms. The highest BCUT2D eigenvalue weighted by molar-refractivity contribution is 5.81. The first-order valence-corrected chi connectivity index (χ1v) is 11.2. The van der Waals surface area contributed by atoms with Crippen molar-refractivity contribution in [3.05, 3.63) is 65.4 Å². The van der Waals surface area contributed by atoms with Crippen LogP contribution in [-0.2, 0) is 11.3 Å². The number of hydrogen-bond donors (Lipinski definition) is 1. The average Bonchev–Trinajstić information content (AvgIpc) is 3.21. The van der Waals surface area contributed by atoms with Gasteiger partial charge in [0.2, 0.25) is 5.91 Å². The lowest BCUT2D eigenvalue weighted by Gasteiger charge is -2.35. The molecule has 3 heterocycles. The van der Waals surface area contributed by atoms with Crippen LogP contribution in [0.2, 0.25) is 0 Å². The monoisotopic (exact) mass is 418 g/mol. The maximum atomic E-state index is 12.6. The van der Waals surface area contributed by atoms with E-state index in [1.165, 1.54) is 16.5 Å². The predicted molar refractivity (Wildman–Crippen MR) is 121 cm³/mol. The van der Waals surface area contributed by atoms with Crippen LogP contribution < -0.4 is 10.1 Å². The Kier molecular flexibility index (Phi) is 5.22. The number of fused-ring (bicyclic) bond motifs is 1. The number of aryl methyl sites for hydroxylation is 1. The van der Waals surface area contributed by atoms with Gasteiger partial charge in [-0.05, 0) is 49.1 Å². The number of methoxy groups -OCH3 is 1. The van der Waals surface area contributed by atoms with Crippen LogP contribution in [0.3, 0.4) is 0 Å². The second kappa shape index (κ2) is 8.04. The number of likely N-dealkylation sites (tertiary alicyclic amines) is 1. The standard InChI is InChI=1S/C26H30N2O3/c1-18-21-10-3-4-11-23(21)31-24(18)16-28-15-22(19-8-7-9-20(14-19)30-2)26(17-28)13-6-5-12-25(29)27-26/h3-4,7-11,14,22H,5-6,12-13,15-17H2,1-2H3,(H,27,29)/t22-,26+/m0/s1. The van der Waals surface area contributed by atoms with E-state index in [0.717, 1.165) is 56.0 Å². The van der Waals surface area contributed by atoms with E-state index in [-0.39, 0.29) is 17.4 Å². The van der Waals surface area contributed by atoms with Crippen molar-refractivity contribution in [1.82, 2.24) is 10.2 Å². The van der Waals surface area contributed by atoms with E-state index < -0.39 is 0 Å². The van der Waals surface area contributed by atoms with Crippen LogP contribution in [-0.4, -0.2) is 36.5 Å². The average molecular weight is 419 g/mol. The van der Waals surface area contributed by atoms with Gasteiger partial charge in [0.05, 0.1) is 19.2 Å². The first-order chi connectivity index (χ1) is 15.1. The van der Waals surface area contributed by atoms with Gasteiger partial charge >= 0.3 is 0 Å².